The van der Waals surface area contributed by atoms with E-state index in [2.05, 4.69) is 19.2 Å². The number of piperidine rings is 1. The van der Waals surface area contributed by atoms with Crippen LogP contribution in [0.4, 0.5) is 0 Å². The third-order valence-corrected chi connectivity index (χ3v) is 4.44. The van der Waals surface area contributed by atoms with Crippen molar-refractivity contribution in [3.63, 3.8) is 0 Å². The van der Waals surface area contributed by atoms with Crippen LogP contribution in [0.5, 0.6) is 0 Å². The molecule has 0 radical (unpaired) electrons. The van der Waals surface area contributed by atoms with Crippen LogP contribution >= 0.6 is 0 Å². The molecule has 1 unspecified atom stereocenters. The van der Waals surface area contributed by atoms with Crippen molar-refractivity contribution < 1.29 is 4.79 Å². The predicted octanol–water partition coefficient (Wildman–Crippen LogP) is 2.87. The summed E-state index contributed by atoms with van der Waals surface area (Å²) in [4.78, 5) is 11.2. The van der Waals surface area contributed by atoms with Crippen molar-refractivity contribution in [1.82, 2.24) is 5.32 Å². The monoisotopic (exact) mass is 209 g/mol. The highest BCUT2D eigenvalue weighted by Gasteiger charge is 2.38. The third kappa shape index (κ3) is 2.53. The number of hydrogen-bond donors (Lipinski definition) is 1. The summed E-state index contributed by atoms with van der Waals surface area (Å²) in [6, 6.07) is 0. The summed E-state index contributed by atoms with van der Waals surface area (Å²) in [6.07, 6.45) is 8.50. The zero-order valence-electron chi connectivity index (χ0n) is 10.1. The largest absolute Gasteiger partial charge is 0.356 e. The van der Waals surface area contributed by atoms with Crippen LogP contribution in [-0.2, 0) is 4.79 Å². The van der Waals surface area contributed by atoms with Gasteiger partial charge in [-0.15, -0.1) is 0 Å². The minimum Gasteiger partial charge on any atom is -0.356 e. The van der Waals surface area contributed by atoms with Gasteiger partial charge in [0.05, 0.1) is 0 Å². The molecule has 0 aromatic rings. The van der Waals surface area contributed by atoms with Crippen LogP contribution in [-0.4, -0.2) is 12.5 Å². The molecule has 1 aliphatic carbocycles. The molecule has 1 saturated heterocycles. The van der Waals surface area contributed by atoms with E-state index in [0.29, 0.717) is 10.8 Å². The fourth-order valence-electron chi connectivity index (χ4n) is 3.06. The highest BCUT2D eigenvalue weighted by Crippen LogP contribution is 2.45. The molecule has 0 aromatic heterocycles. The summed E-state index contributed by atoms with van der Waals surface area (Å²) >= 11 is 0. The van der Waals surface area contributed by atoms with Gasteiger partial charge < -0.3 is 5.32 Å². The Hall–Kier alpha value is -0.530. The van der Waals surface area contributed by atoms with E-state index in [4.69, 9.17) is 0 Å². The maximum Gasteiger partial charge on any atom is 0.220 e. The molecule has 1 atom stereocenters. The fraction of sp³-hybridized carbons (Fsp3) is 0.923. The van der Waals surface area contributed by atoms with Crippen LogP contribution < -0.4 is 5.32 Å². The first-order valence-corrected chi connectivity index (χ1v) is 6.28. The van der Waals surface area contributed by atoms with Crippen molar-refractivity contribution in [2.45, 2.75) is 58.8 Å². The molecule has 0 bridgehead atoms. The summed E-state index contributed by atoms with van der Waals surface area (Å²) in [5.74, 6) is 0.254. The number of hydrogen-bond acceptors (Lipinski definition) is 1. The average molecular weight is 209 g/mol. The molecule has 1 heterocycles. The Morgan fingerprint density at radius 3 is 2.53 bits per heavy atom. The second-order valence-electron chi connectivity index (χ2n) is 6.29. The lowest BCUT2D eigenvalue weighted by Gasteiger charge is -2.37. The van der Waals surface area contributed by atoms with E-state index in [1.165, 1.54) is 32.1 Å². The first kappa shape index (κ1) is 11.0. The van der Waals surface area contributed by atoms with Crippen molar-refractivity contribution in [3.8, 4) is 0 Å². The Labute approximate surface area is 92.8 Å². The van der Waals surface area contributed by atoms with Gasteiger partial charge in [-0.2, -0.15) is 0 Å². The summed E-state index contributed by atoms with van der Waals surface area (Å²) < 4.78 is 0. The maximum absolute atomic E-state index is 11.2. The minimum atomic E-state index is 0.254. The second kappa shape index (κ2) is 3.80. The molecule has 2 nitrogen and oxygen atoms in total. The summed E-state index contributed by atoms with van der Waals surface area (Å²) in [6.45, 7) is 5.70. The molecule has 2 fully saturated rings. The number of rotatable bonds is 0. The van der Waals surface area contributed by atoms with Crippen LogP contribution in [0.3, 0.4) is 0 Å². The first-order chi connectivity index (χ1) is 7.02. The number of amides is 1. The number of nitrogens with one attached hydrogen (secondary N) is 1. The minimum absolute atomic E-state index is 0.254. The molecule has 2 heteroatoms. The Bertz CT molecular complexity index is 247. The van der Waals surface area contributed by atoms with Crippen LogP contribution in [0.25, 0.3) is 0 Å². The standard InChI is InChI=1S/C13H23NO/c1-12(2)5-3-6-13(9-8-12)7-4-11(15)14-10-13/h3-10H2,1-2H3,(H,14,15). The van der Waals surface area contributed by atoms with E-state index in [9.17, 15) is 4.79 Å². The van der Waals surface area contributed by atoms with Crippen molar-refractivity contribution in [2.24, 2.45) is 10.8 Å². The molecule has 1 saturated carbocycles. The van der Waals surface area contributed by atoms with Crippen LogP contribution in [0.15, 0.2) is 0 Å². The lowest BCUT2D eigenvalue weighted by atomic mass is 9.73. The maximum atomic E-state index is 11.2. The fourth-order valence-corrected chi connectivity index (χ4v) is 3.06. The summed E-state index contributed by atoms with van der Waals surface area (Å²) in [5, 5.41) is 3.06. The van der Waals surface area contributed by atoms with Gasteiger partial charge in [-0.05, 0) is 42.9 Å². The van der Waals surface area contributed by atoms with Crippen LogP contribution in [0.1, 0.15) is 58.8 Å². The molecule has 1 aliphatic heterocycles. The van der Waals surface area contributed by atoms with E-state index in [1.54, 1.807) is 0 Å². The van der Waals surface area contributed by atoms with Gasteiger partial charge in [0.25, 0.3) is 0 Å². The second-order valence-corrected chi connectivity index (χ2v) is 6.29. The van der Waals surface area contributed by atoms with Gasteiger partial charge in [0.1, 0.15) is 0 Å². The SMILES string of the molecule is CC1(C)CCCC2(CCC(=O)NC2)CC1. The lowest BCUT2D eigenvalue weighted by molar-refractivity contribution is -0.124. The normalized spacial score (nSPS) is 36.0. The molecule has 2 aliphatic rings. The number of carbonyl (C=O) groups excluding carboxylic acids is 1. The van der Waals surface area contributed by atoms with Gasteiger partial charge in [0.15, 0.2) is 0 Å². The third-order valence-electron chi connectivity index (χ3n) is 4.44. The predicted molar refractivity (Wildman–Crippen MR) is 61.5 cm³/mol. The Morgan fingerprint density at radius 1 is 1.07 bits per heavy atom. The Balaban J connectivity index is 2.00. The topological polar surface area (TPSA) is 29.1 Å². The smallest absolute Gasteiger partial charge is 0.220 e. The quantitative estimate of drug-likeness (QED) is 0.653. The molecule has 86 valence electrons. The van der Waals surface area contributed by atoms with Crippen LogP contribution in [0.2, 0.25) is 0 Å². The van der Waals surface area contributed by atoms with Gasteiger partial charge in [-0.3, -0.25) is 4.79 Å². The Morgan fingerprint density at radius 2 is 1.87 bits per heavy atom. The average Bonchev–Trinajstić information content (AvgIpc) is 2.32. The lowest BCUT2D eigenvalue weighted by Crippen LogP contribution is -2.43. The van der Waals surface area contributed by atoms with Crippen molar-refractivity contribution in [1.29, 1.82) is 0 Å². The Kier molecular flexibility index (Phi) is 2.78. The number of carbonyl (C=O) groups is 1. The molecule has 1 amide bonds. The van der Waals surface area contributed by atoms with Gasteiger partial charge >= 0.3 is 0 Å². The molecule has 0 aromatic carbocycles. The van der Waals surface area contributed by atoms with Crippen LogP contribution in [0, 0.1) is 10.8 Å². The summed E-state index contributed by atoms with van der Waals surface area (Å²) in [5.41, 5.74) is 0.965. The van der Waals surface area contributed by atoms with Crippen molar-refractivity contribution >= 4 is 5.91 Å². The zero-order valence-corrected chi connectivity index (χ0v) is 10.1. The highest BCUT2D eigenvalue weighted by molar-refractivity contribution is 5.76. The molecule has 1 N–H and O–H groups in total. The van der Waals surface area contributed by atoms with E-state index in [1.807, 2.05) is 0 Å². The van der Waals surface area contributed by atoms with Crippen molar-refractivity contribution in [3.05, 3.63) is 0 Å². The van der Waals surface area contributed by atoms with Gasteiger partial charge in [-0.25, -0.2) is 0 Å². The van der Waals surface area contributed by atoms with Gasteiger partial charge in [0.2, 0.25) is 5.91 Å². The molecular weight excluding hydrogens is 186 g/mol. The van der Waals surface area contributed by atoms with Crippen molar-refractivity contribution in [2.75, 3.05) is 6.54 Å². The van der Waals surface area contributed by atoms with Gasteiger partial charge in [0, 0.05) is 13.0 Å². The molecular formula is C13H23NO. The van der Waals surface area contributed by atoms with Gasteiger partial charge in [-0.1, -0.05) is 20.3 Å². The molecule has 1 spiro atoms. The van der Waals surface area contributed by atoms with E-state index in [0.717, 1.165) is 19.4 Å². The van der Waals surface area contributed by atoms with E-state index >= 15 is 0 Å². The van der Waals surface area contributed by atoms with E-state index in [-0.39, 0.29) is 5.91 Å². The molecule has 2 rings (SSSR count). The molecule has 15 heavy (non-hydrogen) atoms. The highest BCUT2D eigenvalue weighted by atomic mass is 16.1. The van der Waals surface area contributed by atoms with E-state index < -0.39 is 0 Å². The summed E-state index contributed by atoms with van der Waals surface area (Å²) in [7, 11) is 0. The zero-order chi connectivity index (χ0) is 10.9. The first-order valence-electron chi connectivity index (χ1n) is 6.28.